The molecule has 5 rings (SSSR count). The molecule has 0 N–H and O–H groups in total. The van der Waals surface area contributed by atoms with E-state index in [1.54, 1.807) is 22.7 Å². The minimum Gasteiger partial charge on any atom is -0.325 e. The number of aromatic nitrogens is 2. The molecule has 1 amide bonds. The minimum absolute atomic E-state index is 0.00148. The topological polar surface area (TPSA) is 37.6 Å². The zero-order valence-electron chi connectivity index (χ0n) is 14.3. The quantitative estimate of drug-likeness (QED) is 0.512. The fourth-order valence-electron chi connectivity index (χ4n) is 3.62. The molecular weight excluding hydrogens is 362 g/mol. The number of aryl methyl sites for hydroxylation is 1. The van der Waals surface area contributed by atoms with Gasteiger partial charge in [-0.1, -0.05) is 6.07 Å². The van der Waals surface area contributed by atoms with E-state index in [9.17, 15) is 4.79 Å². The third kappa shape index (κ3) is 2.48. The zero-order valence-corrected chi connectivity index (χ0v) is 15.9. The Kier molecular flexibility index (Phi) is 3.69. The van der Waals surface area contributed by atoms with Gasteiger partial charge in [0, 0.05) is 28.7 Å². The van der Waals surface area contributed by atoms with Gasteiger partial charge in [-0.25, -0.2) is 4.98 Å². The third-order valence-corrected chi connectivity index (χ3v) is 6.80. The number of pyridine rings is 1. The molecular formula is C20H17N3OS2. The van der Waals surface area contributed by atoms with Gasteiger partial charge in [0.1, 0.15) is 11.3 Å². The molecule has 0 spiro atoms. The molecule has 4 nitrogen and oxygen atoms in total. The van der Waals surface area contributed by atoms with Crippen LogP contribution in [0.1, 0.15) is 37.4 Å². The largest absolute Gasteiger partial charge is 0.325 e. The number of thiophene rings is 2. The highest BCUT2D eigenvalue weighted by Crippen LogP contribution is 2.40. The normalized spacial score (nSPS) is 16.8. The predicted octanol–water partition coefficient (Wildman–Crippen LogP) is 4.55. The lowest BCUT2D eigenvalue weighted by Crippen LogP contribution is -2.39. The van der Waals surface area contributed by atoms with E-state index in [1.807, 2.05) is 40.8 Å². The van der Waals surface area contributed by atoms with Crippen molar-refractivity contribution in [1.82, 2.24) is 14.3 Å². The number of hydrogen-bond acceptors (Lipinski definition) is 4. The first kappa shape index (κ1) is 15.8. The molecule has 6 heteroatoms. The van der Waals surface area contributed by atoms with Gasteiger partial charge in [-0.05, 0) is 59.5 Å². The van der Waals surface area contributed by atoms with E-state index in [0.29, 0.717) is 5.69 Å². The van der Waals surface area contributed by atoms with Crippen LogP contribution in [0.4, 0.5) is 0 Å². The van der Waals surface area contributed by atoms with Crippen LogP contribution in [0.25, 0.3) is 5.65 Å². The van der Waals surface area contributed by atoms with Gasteiger partial charge >= 0.3 is 0 Å². The zero-order chi connectivity index (χ0) is 17.7. The highest BCUT2D eigenvalue weighted by molar-refractivity contribution is 7.10. The number of hydrogen-bond donors (Lipinski definition) is 0. The van der Waals surface area contributed by atoms with Gasteiger partial charge in [-0.2, -0.15) is 0 Å². The second-order valence-corrected chi connectivity index (χ2v) is 8.54. The number of carbonyl (C=O) groups excluding carboxylic acids is 1. The third-order valence-electron chi connectivity index (χ3n) is 4.87. The van der Waals surface area contributed by atoms with Crippen LogP contribution in [0.3, 0.4) is 0 Å². The molecule has 0 aliphatic carbocycles. The van der Waals surface area contributed by atoms with E-state index in [0.717, 1.165) is 24.2 Å². The molecule has 0 radical (unpaired) electrons. The smallest absolute Gasteiger partial charge is 0.274 e. The Morgan fingerprint density at radius 1 is 1.23 bits per heavy atom. The van der Waals surface area contributed by atoms with Crippen molar-refractivity contribution in [2.24, 2.45) is 0 Å². The molecule has 4 aromatic heterocycles. The number of nitrogens with zero attached hydrogens (tertiary/aromatic N) is 3. The van der Waals surface area contributed by atoms with Crippen LogP contribution in [0, 0.1) is 6.92 Å². The summed E-state index contributed by atoms with van der Waals surface area (Å²) in [6.45, 7) is 2.76. The van der Waals surface area contributed by atoms with E-state index in [4.69, 9.17) is 0 Å². The minimum atomic E-state index is -0.0101. The van der Waals surface area contributed by atoms with Gasteiger partial charge in [0.05, 0.1) is 6.04 Å². The molecule has 0 saturated heterocycles. The number of rotatable bonds is 2. The second kappa shape index (κ2) is 6.07. The Balaban J connectivity index is 1.57. The van der Waals surface area contributed by atoms with Crippen LogP contribution in [-0.2, 0) is 6.42 Å². The molecule has 130 valence electrons. The Hall–Kier alpha value is -2.44. The lowest BCUT2D eigenvalue weighted by atomic mass is 9.98. The molecule has 26 heavy (non-hydrogen) atoms. The maximum atomic E-state index is 13.3. The van der Waals surface area contributed by atoms with Crippen LogP contribution in [0.5, 0.6) is 0 Å². The Bertz CT molecular complexity index is 1090. The molecule has 5 heterocycles. The molecule has 0 fully saturated rings. The summed E-state index contributed by atoms with van der Waals surface area (Å²) in [5, 5.41) is 4.21. The fraction of sp³-hybridized carbons (Fsp3) is 0.200. The Morgan fingerprint density at radius 3 is 3.00 bits per heavy atom. The molecule has 1 aliphatic heterocycles. The maximum absolute atomic E-state index is 13.3. The van der Waals surface area contributed by atoms with Crippen LogP contribution < -0.4 is 0 Å². The highest BCUT2D eigenvalue weighted by Gasteiger charge is 2.34. The molecule has 1 aliphatic rings. The second-order valence-electron chi connectivity index (χ2n) is 6.56. The summed E-state index contributed by atoms with van der Waals surface area (Å²) in [5.74, 6) is 0.00148. The van der Waals surface area contributed by atoms with Gasteiger partial charge in [-0.15, -0.1) is 22.7 Å². The van der Waals surface area contributed by atoms with Crippen molar-refractivity contribution in [1.29, 1.82) is 0 Å². The first-order chi connectivity index (χ1) is 12.7. The SMILES string of the molecule is Cc1ccn2cc(C(=O)N3CCc4sccc4[C@H]3c3cccs3)nc2c1. The molecule has 4 aromatic rings. The van der Waals surface area contributed by atoms with E-state index >= 15 is 0 Å². The first-order valence-electron chi connectivity index (χ1n) is 8.57. The monoisotopic (exact) mass is 379 g/mol. The van der Waals surface area contributed by atoms with Crippen LogP contribution >= 0.6 is 22.7 Å². The average Bonchev–Trinajstić information content (AvgIpc) is 3.38. The molecule has 0 saturated carbocycles. The number of carbonyl (C=O) groups is 1. The standard InChI is InChI=1S/C20H17N3OS2/c1-13-4-7-22-12-15(21-18(22)11-13)20(24)23-8-5-16-14(6-10-26-16)19(23)17-3-2-9-25-17/h2-4,6-7,9-12,19H,5,8H2,1H3/t19-/m0/s1. The van der Waals surface area contributed by atoms with Crippen molar-refractivity contribution in [2.45, 2.75) is 19.4 Å². The van der Waals surface area contributed by atoms with Crippen molar-refractivity contribution in [3.63, 3.8) is 0 Å². The fourth-order valence-corrected chi connectivity index (χ4v) is 5.38. The van der Waals surface area contributed by atoms with Crippen molar-refractivity contribution in [3.05, 3.63) is 80.1 Å². The molecule has 0 bridgehead atoms. The van der Waals surface area contributed by atoms with Crippen LogP contribution in [-0.4, -0.2) is 26.7 Å². The highest BCUT2D eigenvalue weighted by atomic mass is 32.1. The van der Waals surface area contributed by atoms with Gasteiger partial charge in [-0.3, -0.25) is 4.79 Å². The summed E-state index contributed by atoms with van der Waals surface area (Å²) in [6, 6.07) is 10.4. The summed E-state index contributed by atoms with van der Waals surface area (Å²) in [6.07, 6.45) is 4.71. The molecule has 1 atom stereocenters. The van der Waals surface area contributed by atoms with E-state index < -0.39 is 0 Å². The summed E-state index contributed by atoms with van der Waals surface area (Å²) >= 11 is 3.49. The first-order valence-corrected chi connectivity index (χ1v) is 10.3. The number of amides is 1. The molecule has 0 aromatic carbocycles. The summed E-state index contributed by atoms with van der Waals surface area (Å²) in [4.78, 5) is 22.5. The van der Waals surface area contributed by atoms with Crippen molar-refractivity contribution >= 4 is 34.2 Å². The predicted molar refractivity (Wildman–Crippen MR) is 105 cm³/mol. The van der Waals surface area contributed by atoms with Gasteiger partial charge < -0.3 is 9.30 Å². The van der Waals surface area contributed by atoms with Gasteiger partial charge in [0.15, 0.2) is 0 Å². The summed E-state index contributed by atoms with van der Waals surface area (Å²) in [5.41, 5.74) is 3.72. The van der Waals surface area contributed by atoms with E-state index in [-0.39, 0.29) is 11.9 Å². The number of imidazole rings is 1. The Labute approximate surface area is 159 Å². The summed E-state index contributed by atoms with van der Waals surface area (Å²) < 4.78 is 1.92. The average molecular weight is 380 g/mol. The Morgan fingerprint density at radius 2 is 2.15 bits per heavy atom. The number of fused-ring (bicyclic) bond motifs is 2. The van der Waals surface area contributed by atoms with Crippen molar-refractivity contribution < 1.29 is 4.79 Å². The molecule has 0 unspecified atom stereocenters. The van der Waals surface area contributed by atoms with Crippen molar-refractivity contribution in [2.75, 3.05) is 6.54 Å². The van der Waals surface area contributed by atoms with Gasteiger partial charge in [0.2, 0.25) is 0 Å². The van der Waals surface area contributed by atoms with Crippen LogP contribution in [0.15, 0.2) is 53.5 Å². The van der Waals surface area contributed by atoms with E-state index in [1.165, 1.54) is 15.3 Å². The van der Waals surface area contributed by atoms with Gasteiger partial charge in [0.25, 0.3) is 5.91 Å². The van der Waals surface area contributed by atoms with E-state index in [2.05, 4.69) is 33.9 Å². The van der Waals surface area contributed by atoms with Crippen molar-refractivity contribution in [3.8, 4) is 0 Å². The maximum Gasteiger partial charge on any atom is 0.274 e. The lowest BCUT2D eigenvalue weighted by Gasteiger charge is -2.35. The van der Waals surface area contributed by atoms with Crippen LogP contribution in [0.2, 0.25) is 0 Å². The lowest BCUT2D eigenvalue weighted by molar-refractivity contribution is 0.0693. The summed E-state index contributed by atoms with van der Waals surface area (Å²) in [7, 11) is 0.